The molecule has 0 heterocycles. The number of amides is 2. The number of methoxy groups -OCH3 is 3. The van der Waals surface area contributed by atoms with E-state index in [2.05, 4.69) is 10.6 Å². The average Bonchev–Trinajstić information content (AvgIpc) is 2.83. The molecule has 3 rings (SSSR count). The third-order valence-corrected chi connectivity index (χ3v) is 4.88. The van der Waals surface area contributed by atoms with Crippen molar-refractivity contribution < 1.29 is 41.4 Å². The van der Waals surface area contributed by atoms with Gasteiger partial charge in [-0.25, -0.2) is 4.39 Å². The predicted molar refractivity (Wildman–Crippen MR) is 120 cm³/mol. The van der Waals surface area contributed by atoms with Crippen LogP contribution >= 0.6 is 0 Å². The lowest BCUT2D eigenvalue weighted by Gasteiger charge is -2.17. The molecule has 0 bridgehead atoms. The van der Waals surface area contributed by atoms with Crippen LogP contribution < -0.4 is 24.8 Å². The summed E-state index contributed by atoms with van der Waals surface area (Å²) in [4.78, 5) is 25.1. The van der Waals surface area contributed by atoms with Gasteiger partial charge in [0, 0.05) is 11.3 Å². The van der Waals surface area contributed by atoms with Crippen LogP contribution in [0.15, 0.2) is 54.6 Å². The molecule has 0 aromatic heterocycles. The molecule has 3 aromatic carbocycles. The molecule has 11 heteroatoms. The first-order chi connectivity index (χ1) is 16.6. The third kappa shape index (κ3) is 5.62. The fourth-order valence-corrected chi connectivity index (χ4v) is 3.22. The van der Waals surface area contributed by atoms with Gasteiger partial charge in [-0.15, -0.1) is 0 Å². The Labute approximate surface area is 197 Å². The van der Waals surface area contributed by atoms with Gasteiger partial charge in [0.05, 0.1) is 38.1 Å². The summed E-state index contributed by atoms with van der Waals surface area (Å²) in [7, 11) is 4.02. The minimum absolute atomic E-state index is 0.0513. The Bertz CT molecular complexity index is 1240. The zero-order valence-electron chi connectivity index (χ0n) is 18.7. The van der Waals surface area contributed by atoms with Gasteiger partial charge in [-0.1, -0.05) is 12.1 Å². The number of carbonyl (C=O) groups is 2. The van der Waals surface area contributed by atoms with E-state index in [-0.39, 0.29) is 34.1 Å². The third-order valence-electron chi connectivity index (χ3n) is 4.88. The van der Waals surface area contributed by atoms with Crippen molar-refractivity contribution in [3.8, 4) is 17.2 Å². The predicted octanol–water partition coefficient (Wildman–Crippen LogP) is 5.37. The Morgan fingerprint density at radius 3 is 1.97 bits per heavy atom. The Balaban J connectivity index is 1.92. The molecule has 2 amide bonds. The van der Waals surface area contributed by atoms with Crippen LogP contribution in [-0.4, -0.2) is 33.1 Å². The highest BCUT2D eigenvalue weighted by Crippen LogP contribution is 2.40. The van der Waals surface area contributed by atoms with Gasteiger partial charge in [-0.2, -0.15) is 13.2 Å². The van der Waals surface area contributed by atoms with Gasteiger partial charge in [0.2, 0.25) is 5.75 Å². The molecule has 3 aromatic rings. The Hall–Kier alpha value is -4.28. The van der Waals surface area contributed by atoms with E-state index in [1.54, 1.807) is 0 Å². The molecule has 184 valence electrons. The monoisotopic (exact) mass is 492 g/mol. The number of anilines is 2. The highest BCUT2D eigenvalue weighted by molar-refractivity contribution is 6.06. The Morgan fingerprint density at radius 2 is 1.43 bits per heavy atom. The summed E-state index contributed by atoms with van der Waals surface area (Å²) >= 11 is 0. The van der Waals surface area contributed by atoms with Gasteiger partial charge in [0.25, 0.3) is 11.8 Å². The zero-order valence-corrected chi connectivity index (χ0v) is 18.7. The van der Waals surface area contributed by atoms with Crippen LogP contribution in [0, 0.1) is 5.82 Å². The highest BCUT2D eigenvalue weighted by Gasteiger charge is 2.34. The quantitative estimate of drug-likeness (QED) is 0.433. The van der Waals surface area contributed by atoms with E-state index >= 15 is 0 Å². The number of rotatable bonds is 7. The molecule has 0 aliphatic carbocycles. The van der Waals surface area contributed by atoms with E-state index in [0.717, 1.165) is 18.2 Å². The summed E-state index contributed by atoms with van der Waals surface area (Å²) in [6, 6.07) is 10.4. The van der Waals surface area contributed by atoms with Crippen LogP contribution in [0.5, 0.6) is 17.2 Å². The van der Waals surface area contributed by atoms with Crippen molar-refractivity contribution in [2.75, 3.05) is 32.0 Å². The van der Waals surface area contributed by atoms with Gasteiger partial charge in [0.1, 0.15) is 5.82 Å². The Kier molecular flexibility index (Phi) is 7.48. The molecule has 0 aliphatic heterocycles. The second kappa shape index (κ2) is 10.3. The van der Waals surface area contributed by atoms with E-state index in [1.807, 2.05) is 0 Å². The van der Waals surface area contributed by atoms with Crippen LogP contribution in [0.2, 0.25) is 0 Å². The second-order valence-electron chi connectivity index (χ2n) is 7.06. The van der Waals surface area contributed by atoms with Gasteiger partial charge < -0.3 is 24.8 Å². The summed E-state index contributed by atoms with van der Waals surface area (Å²) in [6.45, 7) is 0. The Morgan fingerprint density at radius 1 is 0.800 bits per heavy atom. The number of halogens is 4. The molecule has 35 heavy (non-hydrogen) atoms. The van der Waals surface area contributed by atoms with E-state index in [9.17, 15) is 27.2 Å². The van der Waals surface area contributed by atoms with Crippen molar-refractivity contribution in [2.45, 2.75) is 6.18 Å². The maximum atomic E-state index is 13.8. The summed E-state index contributed by atoms with van der Waals surface area (Å²) in [5.74, 6) is -2.14. The largest absolute Gasteiger partial charge is 0.493 e. The fraction of sp³-hybridized carbons (Fsp3) is 0.167. The lowest BCUT2D eigenvalue weighted by molar-refractivity contribution is -0.136. The minimum atomic E-state index is -4.88. The van der Waals surface area contributed by atoms with Crippen LogP contribution in [-0.2, 0) is 6.18 Å². The molecule has 0 fully saturated rings. The van der Waals surface area contributed by atoms with Gasteiger partial charge in [-0.05, 0) is 42.5 Å². The van der Waals surface area contributed by atoms with Crippen molar-refractivity contribution in [2.24, 2.45) is 0 Å². The smallest absolute Gasteiger partial charge is 0.418 e. The molecule has 0 saturated heterocycles. The van der Waals surface area contributed by atoms with Crippen molar-refractivity contribution in [1.29, 1.82) is 0 Å². The highest BCUT2D eigenvalue weighted by atomic mass is 19.4. The number of hydrogen-bond donors (Lipinski definition) is 2. The van der Waals surface area contributed by atoms with E-state index in [1.165, 1.54) is 51.7 Å². The van der Waals surface area contributed by atoms with Crippen LogP contribution in [0.25, 0.3) is 0 Å². The van der Waals surface area contributed by atoms with Crippen molar-refractivity contribution in [3.63, 3.8) is 0 Å². The number of carbonyl (C=O) groups excluding carboxylic acids is 2. The zero-order chi connectivity index (χ0) is 25.8. The number of benzene rings is 3. The average molecular weight is 492 g/mol. The SMILES string of the molecule is COc1cc(C(=O)Nc2ccc(NC(=O)c3ccccc3F)cc2C(F)(F)F)cc(OC)c1OC. The van der Waals surface area contributed by atoms with E-state index < -0.39 is 35.1 Å². The van der Waals surface area contributed by atoms with Crippen molar-refractivity contribution >= 4 is 23.2 Å². The molecule has 0 unspecified atom stereocenters. The summed E-state index contributed by atoms with van der Waals surface area (Å²) in [5.41, 5.74) is -2.40. The molecular formula is C24H20F4N2O5. The molecule has 0 atom stereocenters. The lowest BCUT2D eigenvalue weighted by atomic mass is 10.1. The molecule has 0 saturated carbocycles. The summed E-state index contributed by atoms with van der Waals surface area (Å²) in [5, 5.41) is 4.44. The van der Waals surface area contributed by atoms with Gasteiger partial charge in [-0.3, -0.25) is 9.59 Å². The van der Waals surface area contributed by atoms with Crippen LogP contribution in [0.4, 0.5) is 28.9 Å². The molecule has 0 spiro atoms. The maximum Gasteiger partial charge on any atom is 0.418 e. The lowest BCUT2D eigenvalue weighted by Crippen LogP contribution is -2.18. The first-order valence-electron chi connectivity index (χ1n) is 9.97. The van der Waals surface area contributed by atoms with Crippen molar-refractivity contribution in [1.82, 2.24) is 0 Å². The summed E-state index contributed by atoms with van der Waals surface area (Å²) < 4.78 is 70.6. The number of alkyl halides is 3. The molecule has 7 nitrogen and oxygen atoms in total. The standard InChI is InChI=1S/C24H20F4N2O5/c1-33-19-10-13(11-20(34-2)21(19)35-3)22(31)30-18-9-8-14(12-16(18)24(26,27)28)29-23(32)15-6-4-5-7-17(15)25/h4-12H,1-3H3,(H,29,32)(H,30,31). The first-order valence-corrected chi connectivity index (χ1v) is 9.97. The topological polar surface area (TPSA) is 85.9 Å². The number of ether oxygens (including phenoxy) is 3. The first kappa shape index (κ1) is 25.3. The van der Waals surface area contributed by atoms with Crippen LogP contribution in [0.1, 0.15) is 26.3 Å². The van der Waals surface area contributed by atoms with Gasteiger partial charge >= 0.3 is 6.18 Å². The summed E-state index contributed by atoms with van der Waals surface area (Å²) in [6.07, 6.45) is -4.88. The minimum Gasteiger partial charge on any atom is -0.493 e. The maximum absolute atomic E-state index is 13.8. The molecular weight excluding hydrogens is 472 g/mol. The molecule has 0 radical (unpaired) electrons. The number of hydrogen-bond acceptors (Lipinski definition) is 5. The number of nitrogens with one attached hydrogen (secondary N) is 2. The molecule has 2 N–H and O–H groups in total. The molecule has 0 aliphatic rings. The fourth-order valence-electron chi connectivity index (χ4n) is 3.22. The van der Waals surface area contributed by atoms with E-state index in [4.69, 9.17) is 14.2 Å². The normalized spacial score (nSPS) is 10.9. The van der Waals surface area contributed by atoms with Gasteiger partial charge in [0.15, 0.2) is 11.5 Å². The second-order valence-corrected chi connectivity index (χ2v) is 7.06. The van der Waals surface area contributed by atoms with Crippen LogP contribution in [0.3, 0.4) is 0 Å². The van der Waals surface area contributed by atoms with E-state index in [0.29, 0.717) is 6.07 Å². The van der Waals surface area contributed by atoms with Crippen molar-refractivity contribution in [3.05, 3.63) is 77.1 Å².